The molecule has 0 aromatic carbocycles. The first kappa shape index (κ1) is 9.47. The van der Waals surface area contributed by atoms with E-state index in [1.54, 1.807) is 0 Å². The molecule has 13 heavy (non-hydrogen) atoms. The summed E-state index contributed by atoms with van der Waals surface area (Å²) >= 11 is 0. The van der Waals surface area contributed by atoms with E-state index in [1.807, 2.05) is 0 Å². The second-order valence-corrected chi connectivity index (χ2v) is 5.82. The van der Waals surface area contributed by atoms with Gasteiger partial charge in [0.2, 0.25) is 0 Å². The summed E-state index contributed by atoms with van der Waals surface area (Å²) in [7, 11) is 0. The molecule has 0 radical (unpaired) electrons. The average Bonchev–Trinajstić information content (AvgIpc) is 2.36. The lowest BCUT2D eigenvalue weighted by atomic mass is 9.65. The monoisotopic (exact) mass is 182 g/mol. The van der Waals surface area contributed by atoms with Crippen LogP contribution >= 0.6 is 0 Å². The highest BCUT2D eigenvalue weighted by molar-refractivity contribution is 5.19. The summed E-state index contributed by atoms with van der Waals surface area (Å²) in [5.41, 5.74) is 13.0. The quantitative estimate of drug-likeness (QED) is 0.594. The van der Waals surface area contributed by atoms with E-state index in [9.17, 15) is 0 Å². The van der Waals surface area contributed by atoms with Gasteiger partial charge < -0.3 is 11.5 Å². The highest BCUT2D eigenvalue weighted by Crippen LogP contribution is 2.65. The van der Waals surface area contributed by atoms with Crippen LogP contribution in [0.2, 0.25) is 0 Å². The van der Waals surface area contributed by atoms with Gasteiger partial charge in [-0.2, -0.15) is 0 Å². The van der Waals surface area contributed by atoms with Crippen molar-refractivity contribution < 1.29 is 0 Å². The topological polar surface area (TPSA) is 52.0 Å². The van der Waals surface area contributed by atoms with Gasteiger partial charge >= 0.3 is 0 Å². The minimum atomic E-state index is 0.198. The summed E-state index contributed by atoms with van der Waals surface area (Å²) in [5, 5.41) is 0. The molecule has 2 aliphatic rings. The fraction of sp³-hybridized carbons (Fsp3) is 1.00. The van der Waals surface area contributed by atoms with Crippen LogP contribution in [0.4, 0.5) is 0 Å². The van der Waals surface area contributed by atoms with Crippen LogP contribution < -0.4 is 11.5 Å². The van der Waals surface area contributed by atoms with E-state index in [0.717, 1.165) is 0 Å². The molecule has 6 atom stereocenters. The Hall–Kier alpha value is -0.0800. The zero-order valence-electron chi connectivity index (χ0n) is 9.17. The van der Waals surface area contributed by atoms with Crippen LogP contribution in [-0.4, -0.2) is 12.1 Å². The Kier molecular flexibility index (Phi) is 1.67. The van der Waals surface area contributed by atoms with E-state index in [2.05, 4.69) is 27.7 Å². The van der Waals surface area contributed by atoms with Gasteiger partial charge in [-0.1, -0.05) is 27.7 Å². The molecule has 4 N–H and O–H groups in total. The van der Waals surface area contributed by atoms with Crippen LogP contribution in [0.25, 0.3) is 0 Å². The lowest BCUT2D eigenvalue weighted by molar-refractivity contribution is 0.0928. The Morgan fingerprint density at radius 3 is 1.46 bits per heavy atom. The van der Waals surface area contributed by atoms with Crippen LogP contribution in [0.3, 0.4) is 0 Å². The first-order chi connectivity index (χ1) is 5.84. The van der Waals surface area contributed by atoms with Crippen LogP contribution in [-0.2, 0) is 0 Å². The summed E-state index contributed by atoms with van der Waals surface area (Å²) in [4.78, 5) is 0. The van der Waals surface area contributed by atoms with Crippen molar-refractivity contribution in [2.24, 2.45) is 34.1 Å². The molecule has 2 saturated carbocycles. The summed E-state index contributed by atoms with van der Waals surface area (Å²) in [6.45, 7) is 9.30. The molecule has 2 nitrogen and oxygen atoms in total. The molecule has 0 aromatic rings. The highest BCUT2D eigenvalue weighted by Gasteiger charge is 2.65. The van der Waals surface area contributed by atoms with Gasteiger partial charge in [0, 0.05) is 12.1 Å². The summed E-state index contributed by atoms with van der Waals surface area (Å²) in [6.07, 6.45) is 1.21. The molecular formula is C11H22N2. The maximum absolute atomic E-state index is 6.21. The van der Waals surface area contributed by atoms with Crippen molar-refractivity contribution in [1.29, 1.82) is 0 Å². The minimum absolute atomic E-state index is 0.198. The van der Waals surface area contributed by atoms with E-state index in [-0.39, 0.29) is 22.9 Å². The first-order valence-electron chi connectivity index (χ1n) is 5.35. The van der Waals surface area contributed by atoms with Gasteiger partial charge in [0.25, 0.3) is 0 Å². The summed E-state index contributed by atoms with van der Waals surface area (Å²) in [5.74, 6) is 1.43. The molecule has 2 heteroatoms. The highest BCUT2D eigenvalue weighted by atomic mass is 14.9. The molecular weight excluding hydrogens is 160 g/mol. The lowest BCUT2D eigenvalue weighted by Gasteiger charge is -2.44. The van der Waals surface area contributed by atoms with E-state index in [1.165, 1.54) is 6.42 Å². The fourth-order valence-corrected chi connectivity index (χ4v) is 3.95. The number of fused-ring (bicyclic) bond motifs is 2. The van der Waals surface area contributed by atoms with Gasteiger partial charge in [0.1, 0.15) is 0 Å². The van der Waals surface area contributed by atoms with E-state index < -0.39 is 0 Å². The molecule has 0 heterocycles. The maximum Gasteiger partial charge on any atom is 0.0255 e. The largest absolute Gasteiger partial charge is 0.326 e. The van der Waals surface area contributed by atoms with Crippen LogP contribution in [0, 0.1) is 22.7 Å². The summed E-state index contributed by atoms with van der Waals surface area (Å²) < 4.78 is 0. The minimum Gasteiger partial charge on any atom is -0.326 e. The molecule has 76 valence electrons. The molecule has 0 amide bonds. The average molecular weight is 182 g/mol. The second kappa shape index (κ2) is 2.29. The zero-order chi connectivity index (χ0) is 10.0. The van der Waals surface area contributed by atoms with Crippen molar-refractivity contribution in [3.8, 4) is 0 Å². The van der Waals surface area contributed by atoms with Gasteiger partial charge in [0.05, 0.1) is 0 Å². The fourth-order valence-electron chi connectivity index (χ4n) is 3.95. The Labute approximate surface area is 81.1 Å². The molecule has 2 bridgehead atoms. The third-order valence-corrected chi connectivity index (χ3v) is 5.50. The van der Waals surface area contributed by atoms with Crippen LogP contribution in [0.1, 0.15) is 34.1 Å². The predicted molar refractivity (Wildman–Crippen MR) is 55.1 cm³/mol. The Balaban J connectivity index is 2.44. The third kappa shape index (κ3) is 0.816. The van der Waals surface area contributed by atoms with Gasteiger partial charge in [-0.3, -0.25) is 0 Å². The number of rotatable bonds is 0. The van der Waals surface area contributed by atoms with Crippen molar-refractivity contribution >= 4 is 0 Å². The number of hydrogen-bond donors (Lipinski definition) is 2. The van der Waals surface area contributed by atoms with Gasteiger partial charge in [0.15, 0.2) is 0 Å². The normalized spacial score (nSPS) is 66.0. The SMILES string of the molecule is CC1C(C)C2(C)CC1(C)C(N)C2N. The first-order valence-corrected chi connectivity index (χ1v) is 5.35. The zero-order valence-corrected chi connectivity index (χ0v) is 9.17. The molecule has 0 aliphatic heterocycles. The standard InChI is InChI=1S/C11H22N2/c1-6-7(2)11(4)5-10(6,3)8(12)9(11)13/h6-9H,5,12-13H2,1-4H3. The van der Waals surface area contributed by atoms with Crippen LogP contribution in [0.5, 0.6) is 0 Å². The van der Waals surface area contributed by atoms with Crippen molar-refractivity contribution in [3.63, 3.8) is 0 Å². The second-order valence-electron chi connectivity index (χ2n) is 5.82. The Morgan fingerprint density at radius 1 is 0.923 bits per heavy atom. The van der Waals surface area contributed by atoms with Crippen molar-refractivity contribution in [1.82, 2.24) is 0 Å². The molecule has 0 spiro atoms. The molecule has 2 fully saturated rings. The van der Waals surface area contributed by atoms with Gasteiger partial charge in [-0.15, -0.1) is 0 Å². The third-order valence-electron chi connectivity index (χ3n) is 5.50. The Bertz CT molecular complexity index is 196. The lowest BCUT2D eigenvalue weighted by Crippen LogP contribution is -2.57. The van der Waals surface area contributed by atoms with E-state index in [4.69, 9.17) is 11.5 Å². The van der Waals surface area contributed by atoms with E-state index >= 15 is 0 Å². The molecule has 2 aliphatic carbocycles. The van der Waals surface area contributed by atoms with Crippen molar-refractivity contribution in [3.05, 3.63) is 0 Å². The number of nitrogens with two attached hydrogens (primary N) is 2. The maximum atomic E-state index is 6.21. The molecule has 2 rings (SSSR count). The van der Waals surface area contributed by atoms with Crippen LogP contribution in [0.15, 0.2) is 0 Å². The Morgan fingerprint density at radius 2 is 1.23 bits per heavy atom. The molecule has 0 saturated heterocycles. The van der Waals surface area contributed by atoms with Gasteiger partial charge in [-0.25, -0.2) is 0 Å². The predicted octanol–water partition coefficient (Wildman–Crippen LogP) is 1.34. The van der Waals surface area contributed by atoms with Crippen molar-refractivity contribution in [2.45, 2.75) is 46.2 Å². The summed E-state index contributed by atoms with van der Waals surface area (Å²) in [6, 6.07) is 0.396. The van der Waals surface area contributed by atoms with Crippen molar-refractivity contribution in [2.75, 3.05) is 0 Å². The number of hydrogen-bond acceptors (Lipinski definition) is 2. The van der Waals surface area contributed by atoms with Gasteiger partial charge in [-0.05, 0) is 29.1 Å². The molecule has 0 aromatic heterocycles. The smallest absolute Gasteiger partial charge is 0.0255 e. The molecule has 6 unspecified atom stereocenters. The van der Waals surface area contributed by atoms with E-state index in [0.29, 0.717) is 11.8 Å².